The molecule has 0 spiro atoms. The first-order chi connectivity index (χ1) is 7.34. The van der Waals surface area contributed by atoms with Gasteiger partial charge in [-0.15, -0.1) is 0 Å². The van der Waals surface area contributed by atoms with Crippen molar-refractivity contribution in [2.75, 3.05) is 19.6 Å². The van der Waals surface area contributed by atoms with E-state index >= 15 is 0 Å². The van der Waals surface area contributed by atoms with Crippen LogP contribution in [0.15, 0.2) is 0 Å². The van der Waals surface area contributed by atoms with Crippen LogP contribution in [0.5, 0.6) is 0 Å². The Balaban J connectivity index is 1.56. The molecular formula is C13H25NO. The minimum absolute atomic E-state index is 0.0507. The minimum Gasteiger partial charge on any atom is -0.392 e. The first kappa shape index (κ1) is 11.4. The van der Waals surface area contributed by atoms with E-state index in [0.717, 1.165) is 18.9 Å². The number of likely N-dealkylation sites (tertiary alicyclic amines) is 1. The summed E-state index contributed by atoms with van der Waals surface area (Å²) in [7, 11) is 0. The second-order valence-corrected chi connectivity index (χ2v) is 5.39. The molecular weight excluding hydrogens is 186 g/mol. The molecule has 1 unspecified atom stereocenters. The van der Waals surface area contributed by atoms with E-state index in [9.17, 15) is 5.11 Å². The van der Waals surface area contributed by atoms with Gasteiger partial charge in [0.25, 0.3) is 0 Å². The molecule has 2 heteroatoms. The summed E-state index contributed by atoms with van der Waals surface area (Å²) < 4.78 is 0. The third-order valence-corrected chi connectivity index (χ3v) is 4.04. The lowest BCUT2D eigenvalue weighted by atomic mass is 10.0. The Bertz CT molecular complexity index is 177. The third-order valence-electron chi connectivity index (χ3n) is 4.04. The Kier molecular flexibility index (Phi) is 4.45. The van der Waals surface area contributed by atoms with Crippen LogP contribution in [0.25, 0.3) is 0 Å². The maximum Gasteiger partial charge on any atom is 0.0667 e. The molecule has 0 radical (unpaired) electrons. The lowest BCUT2D eigenvalue weighted by molar-refractivity contribution is 0.0692. The quantitative estimate of drug-likeness (QED) is 0.772. The van der Waals surface area contributed by atoms with E-state index in [0.29, 0.717) is 0 Å². The molecule has 0 amide bonds. The van der Waals surface area contributed by atoms with Crippen LogP contribution in [0.1, 0.15) is 51.4 Å². The van der Waals surface area contributed by atoms with Crippen LogP contribution in [0, 0.1) is 5.92 Å². The highest BCUT2D eigenvalue weighted by molar-refractivity contribution is 4.73. The van der Waals surface area contributed by atoms with Crippen molar-refractivity contribution in [1.29, 1.82) is 0 Å². The fraction of sp³-hybridized carbons (Fsp3) is 1.00. The van der Waals surface area contributed by atoms with Crippen LogP contribution < -0.4 is 0 Å². The normalized spacial score (nSPS) is 29.8. The van der Waals surface area contributed by atoms with Crippen molar-refractivity contribution in [3.63, 3.8) is 0 Å². The zero-order chi connectivity index (χ0) is 10.5. The van der Waals surface area contributed by atoms with Crippen LogP contribution >= 0.6 is 0 Å². The largest absolute Gasteiger partial charge is 0.392 e. The third kappa shape index (κ3) is 3.76. The summed E-state index contributed by atoms with van der Waals surface area (Å²) in [5, 5.41) is 9.55. The summed E-state index contributed by atoms with van der Waals surface area (Å²) in [5.41, 5.74) is 0. The number of hydrogen-bond acceptors (Lipinski definition) is 2. The van der Waals surface area contributed by atoms with Crippen LogP contribution in [0.3, 0.4) is 0 Å². The van der Waals surface area contributed by atoms with Gasteiger partial charge in [0.2, 0.25) is 0 Å². The molecule has 1 aliphatic heterocycles. The average Bonchev–Trinajstić information content (AvgIpc) is 2.71. The van der Waals surface area contributed by atoms with Gasteiger partial charge in [-0.1, -0.05) is 25.7 Å². The maximum atomic E-state index is 9.55. The van der Waals surface area contributed by atoms with E-state index in [1.165, 1.54) is 58.0 Å². The van der Waals surface area contributed by atoms with Crippen molar-refractivity contribution in [2.24, 2.45) is 5.92 Å². The van der Waals surface area contributed by atoms with Gasteiger partial charge in [-0.25, -0.2) is 0 Å². The molecule has 1 heterocycles. The second-order valence-electron chi connectivity index (χ2n) is 5.39. The summed E-state index contributed by atoms with van der Waals surface area (Å²) in [6, 6.07) is 0. The molecule has 1 N–H and O–H groups in total. The second kappa shape index (κ2) is 5.86. The number of aliphatic hydroxyl groups is 1. The average molecular weight is 211 g/mol. The first-order valence-corrected chi connectivity index (χ1v) is 6.75. The van der Waals surface area contributed by atoms with Crippen molar-refractivity contribution in [2.45, 2.75) is 57.5 Å². The van der Waals surface area contributed by atoms with Gasteiger partial charge >= 0.3 is 0 Å². The van der Waals surface area contributed by atoms with E-state index < -0.39 is 0 Å². The van der Waals surface area contributed by atoms with Crippen molar-refractivity contribution >= 4 is 0 Å². The Morgan fingerprint density at radius 2 is 1.87 bits per heavy atom. The molecule has 0 aromatic rings. The molecule has 15 heavy (non-hydrogen) atoms. The predicted octanol–water partition coefficient (Wildman–Crippen LogP) is 2.41. The molecule has 1 saturated heterocycles. The van der Waals surface area contributed by atoms with Crippen LogP contribution in [-0.2, 0) is 0 Å². The first-order valence-electron chi connectivity index (χ1n) is 6.75. The topological polar surface area (TPSA) is 23.5 Å². The lowest BCUT2D eigenvalue weighted by Crippen LogP contribution is -2.38. The highest BCUT2D eigenvalue weighted by Crippen LogP contribution is 2.28. The Morgan fingerprint density at radius 1 is 1.07 bits per heavy atom. The molecule has 2 rings (SSSR count). The van der Waals surface area contributed by atoms with Gasteiger partial charge in [0.05, 0.1) is 6.10 Å². The number of piperidine rings is 1. The molecule has 1 aliphatic carbocycles. The van der Waals surface area contributed by atoms with E-state index in [1.54, 1.807) is 0 Å². The molecule has 2 fully saturated rings. The van der Waals surface area contributed by atoms with Crippen LogP contribution in [-0.4, -0.2) is 35.7 Å². The fourth-order valence-electron chi connectivity index (χ4n) is 3.14. The van der Waals surface area contributed by atoms with Gasteiger partial charge in [-0.2, -0.15) is 0 Å². The summed E-state index contributed by atoms with van der Waals surface area (Å²) in [6.07, 6.45) is 10.8. The molecule has 1 atom stereocenters. The summed E-state index contributed by atoms with van der Waals surface area (Å²) >= 11 is 0. The molecule has 0 aromatic carbocycles. The van der Waals surface area contributed by atoms with Gasteiger partial charge in [0.1, 0.15) is 0 Å². The fourth-order valence-corrected chi connectivity index (χ4v) is 3.14. The Labute approximate surface area is 93.7 Å². The van der Waals surface area contributed by atoms with E-state index in [-0.39, 0.29) is 6.10 Å². The van der Waals surface area contributed by atoms with Gasteiger partial charge in [0, 0.05) is 6.54 Å². The number of nitrogens with zero attached hydrogens (tertiary/aromatic N) is 1. The van der Waals surface area contributed by atoms with Crippen molar-refractivity contribution in [1.82, 2.24) is 4.90 Å². The number of rotatable bonds is 4. The minimum atomic E-state index is -0.0507. The van der Waals surface area contributed by atoms with E-state index in [1.807, 2.05) is 0 Å². The molecule has 2 nitrogen and oxygen atoms in total. The van der Waals surface area contributed by atoms with Crippen LogP contribution in [0.4, 0.5) is 0 Å². The summed E-state index contributed by atoms with van der Waals surface area (Å²) in [5.74, 6) is 1.03. The van der Waals surface area contributed by atoms with Gasteiger partial charge in [0.15, 0.2) is 0 Å². The molecule has 1 saturated carbocycles. The molecule has 2 aliphatic rings. The number of hydrogen-bond donors (Lipinski definition) is 1. The standard InChI is InChI=1S/C13H25NO/c15-13-8-4-10-14(11-13)9-3-7-12-5-1-2-6-12/h12-13,15H,1-11H2. The highest BCUT2D eigenvalue weighted by Gasteiger charge is 2.18. The summed E-state index contributed by atoms with van der Waals surface area (Å²) in [6.45, 7) is 3.35. The molecule has 88 valence electrons. The smallest absolute Gasteiger partial charge is 0.0667 e. The zero-order valence-electron chi connectivity index (χ0n) is 9.83. The summed E-state index contributed by atoms with van der Waals surface area (Å²) in [4.78, 5) is 2.45. The highest BCUT2D eigenvalue weighted by atomic mass is 16.3. The molecule has 0 bridgehead atoms. The van der Waals surface area contributed by atoms with E-state index in [4.69, 9.17) is 0 Å². The van der Waals surface area contributed by atoms with Crippen molar-refractivity contribution in [3.05, 3.63) is 0 Å². The van der Waals surface area contributed by atoms with E-state index in [2.05, 4.69) is 4.90 Å². The number of aliphatic hydroxyl groups excluding tert-OH is 1. The van der Waals surface area contributed by atoms with Gasteiger partial charge in [-0.05, 0) is 44.7 Å². The molecule has 0 aromatic heterocycles. The zero-order valence-corrected chi connectivity index (χ0v) is 9.83. The van der Waals surface area contributed by atoms with Crippen LogP contribution in [0.2, 0.25) is 0 Å². The van der Waals surface area contributed by atoms with Crippen molar-refractivity contribution < 1.29 is 5.11 Å². The van der Waals surface area contributed by atoms with Gasteiger partial charge < -0.3 is 10.0 Å². The van der Waals surface area contributed by atoms with Gasteiger partial charge in [-0.3, -0.25) is 0 Å². The number of β-amino-alcohol motifs (C(OH)–C–C–N with tert-alkyl or cyclic N) is 1. The predicted molar refractivity (Wildman–Crippen MR) is 62.9 cm³/mol. The Morgan fingerprint density at radius 3 is 2.60 bits per heavy atom. The monoisotopic (exact) mass is 211 g/mol. The van der Waals surface area contributed by atoms with Crippen molar-refractivity contribution in [3.8, 4) is 0 Å². The SMILES string of the molecule is OC1CCCN(CCCC2CCCC2)C1. The maximum absolute atomic E-state index is 9.55. The lowest BCUT2D eigenvalue weighted by Gasteiger charge is -2.30. The Hall–Kier alpha value is -0.0800.